The molecule has 0 amide bonds. The molecule has 27 heavy (non-hydrogen) atoms. The number of halogens is 4. The standard InChI is InChI=1S/C20H10F3IN2S/c21-20(22,23)15-8-3-6-13-14-7-4-10-17(19(14)27-18(13)15)26(24)16-9-2-1-5-12(16)11-25/h1-10H. The number of hydrogen-bond donors (Lipinski definition) is 0. The normalized spacial score (nSPS) is 11.7. The molecule has 0 bridgehead atoms. The molecule has 1 aromatic heterocycles. The van der Waals surface area contributed by atoms with Crippen LogP contribution in [0.25, 0.3) is 20.2 Å². The summed E-state index contributed by atoms with van der Waals surface area (Å²) in [4.78, 5) is 0. The topological polar surface area (TPSA) is 27.0 Å². The number of benzene rings is 3. The van der Waals surface area contributed by atoms with Gasteiger partial charge in [0, 0.05) is 15.5 Å². The first-order valence-corrected chi connectivity index (χ1v) is 9.66. The molecule has 0 aliphatic carbocycles. The lowest BCUT2D eigenvalue weighted by Gasteiger charge is -2.18. The smallest absolute Gasteiger partial charge is 0.280 e. The van der Waals surface area contributed by atoms with E-state index < -0.39 is 11.7 Å². The summed E-state index contributed by atoms with van der Waals surface area (Å²) in [5, 5.41) is 10.7. The molecular formula is C20H10F3IN2S. The number of nitrogens with zero attached hydrogens (tertiary/aromatic N) is 2. The van der Waals surface area contributed by atoms with Gasteiger partial charge in [-0.1, -0.05) is 36.4 Å². The molecule has 0 aliphatic rings. The summed E-state index contributed by atoms with van der Waals surface area (Å²) >= 11 is 3.22. The average Bonchev–Trinajstić information content (AvgIpc) is 3.05. The van der Waals surface area contributed by atoms with Crippen LogP contribution in [0.5, 0.6) is 0 Å². The van der Waals surface area contributed by atoms with Crippen LogP contribution in [0.4, 0.5) is 24.5 Å². The highest BCUT2D eigenvalue weighted by atomic mass is 127. The molecule has 7 heteroatoms. The maximum Gasteiger partial charge on any atom is 0.417 e. The Hall–Kier alpha value is -2.31. The van der Waals surface area contributed by atoms with E-state index in [-0.39, 0.29) is 4.70 Å². The number of para-hydroxylation sites is 1. The van der Waals surface area contributed by atoms with E-state index in [9.17, 15) is 18.4 Å². The summed E-state index contributed by atoms with van der Waals surface area (Å²) < 4.78 is 43.1. The third-order valence-electron chi connectivity index (χ3n) is 4.26. The van der Waals surface area contributed by atoms with Gasteiger partial charge in [-0.3, -0.25) is 3.11 Å². The molecular weight excluding hydrogens is 484 g/mol. The lowest BCUT2D eigenvalue weighted by atomic mass is 10.1. The SMILES string of the molecule is N#Cc1ccccc1N(I)c1cccc2c1sc1c(C(F)(F)F)cccc12. The van der Waals surface area contributed by atoms with Crippen LogP contribution in [0.1, 0.15) is 11.1 Å². The Morgan fingerprint density at radius 3 is 2.19 bits per heavy atom. The molecule has 0 spiro atoms. The molecule has 0 aliphatic heterocycles. The highest BCUT2D eigenvalue weighted by Crippen LogP contribution is 2.46. The number of rotatable bonds is 2. The highest BCUT2D eigenvalue weighted by molar-refractivity contribution is 14.1. The maximum absolute atomic E-state index is 13.4. The van der Waals surface area contributed by atoms with Crippen molar-refractivity contribution >= 4 is 65.7 Å². The van der Waals surface area contributed by atoms with Crippen molar-refractivity contribution in [2.24, 2.45) is 0 Å². The fourth-order valence-electron chi connectivity index (χ4n) is 3.05. The third-order valence-corrected chi connectivity index (χ3v) is 6.57. The summed E-state index contributed by atoms with van der Waals surface area (Å²) in [5.41, 5.74) is 1.33. The molecule has 0 fully saturated rings. The zero-order valence-corrected chi connectivity index (χ0v) is 16.6. The maximum atomic E-state index is 13.4. The Labute approximate surface area is 170 Å². The number of alkyl halides is 3. The van der Waals surface area contributed by atoms with Crippen molar-refractivity contribution in [2.45, 2.75) is 6.18 Å². The van der Waals surface area contributed by atoms with Crippen molar-refractivity contribution < 1.29 is 13.2 Å². The van der Waals surface area contributed by atoms with Crippen molar-refractivity contribution in [3.8, 4) is 6.07 Å². The summed E-state index contributed by atoms with van der Waals surface area (Å²) in [6.07, 6.45) is -4.40. The monoisotopic (exact) mass is 494 g/mol. The van der Waals surface area contributed by atoms with E-state index in [1.807, 2.05) is 33.4 Å². The van der Waals surface area contributed by atoms with E-state index in [0.717, 1.165) is 33.2 Å². The van der Waals surface area contributed by atoms with Gasteiger partial charge in [-0.2, -0.15) is 18.4 Å². The van der Waals surface area contributed by atoms with Crippen LogP contribution in [-0.2, 0) is 6.18 Å². The number of nitriles is 1. The molecule has 3 aromatic carbocycles. The molecule has 0 radical (unpaired) electrons. The first kappa shape index (κ1) is 18.1. The minimum Gasteiger partial charge on any atom is -0.280 e. The molecule has 4 rings (SSSR count). The summed E-state index contributed by atoms with van der Waals surface area (Å²) in [5.74, 6) is 0. The number of fused-ring (bicyclic) bond motifs is 3. The molecule has 0 atom stereocenters. The van der Waals surface area contributed by atoms with Crippen LogP contribution in [0.2, 0.25) is 0 Å². The fourth-order valence-corrected chi connectivity index (χ4v) is 5.38. The van der Waals surface area contributed by atoms with Crippen molar-refractivity contribution in [3.05, 3.63) is 71.8 Å². The third kappa shape index (κ3) is 3.03. The molecule has 0 saturated carbocycles. The van der Waals surface area contributed by atoms with Gasteiger partial charge in [-0.15, -0.1) is 11.3 Å². The van der Waals surface area contributed by atoms with Crippen molar-refractivity contribution in [1.82, 2.24) is 0 Å². The Balaban J connectivity index is 1.99. The minimum absolute atomic E-state index is 0.228. The van der Waals surface area contributed by atoms with E-state index in [1.165, 1.54) is 6.07 Å². The van der Waals surface area contributed by atoms with E-state index in [4.69, 9.17) is 0 Å². The summed E-state index contributed by atoms with van der Waals surface area (Å²) in [7, 11) is 0. The van der Waals surface area contributed by atoms with E-state index in [2.05, 4.69) is 28.9 Å². The predicted octanol–water partition coefficient (Wildman–Crippen LogP) is 7.43. The molecule has 2 nitrogen and oxygen atoms in total. The number of anilines is 2. The highest BCUT2D eigenvalue weighted by Gasteiger charge is 2.33. The first-order chi connectivity index (χ1) is 12.9. The lowest BCUT2D eigenvalue weighted by molar-refractivity contribution is -0.136. The largest absolute Gasteiger partial charge is 0.417 e. The zero-order valence-electron chi connectivity index (χ0n) is 13.6. The quantitative estimate of drug-likeness (QED) is 0.214. The van der Waals surface area contributed by atoms with Crippen molar-refractivity contribution in [2.75, 3.05) is 3.11 Å². The minimum atomic E-state index is -4.40. The molecule has 0 unspecified atom stereocenters. The van der Waals surface area contributed by atoms with Gasteiger partial charge in [0.05, 0.1) is 50.1 Å². The van der Waals surface area contributed by atoms with Crippen LogP contribution >= 0.6 is 34.2 Å². The van der Waals surface area contributed by atoms with Crippen LogP contribution in [0, 0.1) is 11.3 Å². The van der Waals surface area contributed by atoms with Gasteiger partial charge in [0.25, 0.3) is 0 Å². The molecule has 0 N–H and O–H groups in total. The van der Waals surface area contributed by atoms with E-state index in [1.54, 1.807) is 18.2 Å². The number of hydrogen-bond acceptors (Lipinski definition) is 3. The van der Waals surface area contributed by atoms with Crippen LogP contribution in [0.15, 0.2) is 60.7 Å². The molecule has 4 aromatic rings. The van der Waals surface area contributed by atoms with Gasteiger partial charge in [0.15, 0.2) is 0 Å². The lowest BCUT2D eigenvalue weighted by Crippen LogP contribution is -2.04. The van der Waals surface area contributed by atoms with Gasteiger partial charge in [-0.05, 0) is 24.3 Å². The van der Waals surface area contributed by atoms with Crippen LogP contribution < -0.4 is 3.11 Å². The van der Waals surface area contributed by atoms with Gasteiger partial charge in [0.2, 0.25) is 0 Å². The van der Waals surface area contributed by atoms with E-state index in [0.29, 0.717) is 16.6 Å². The Bertz CT molecular complexity index is 1210. The second-order valence-electron chi connectivity index (χ2n) is 5.85. The fraction of sp³-hybridized carbons (Fsp3) is 0.0500. The van der Waals surface area contributed by atoms with Crippen molar-refractivity contribution in [3.63, 3.8) is 0 Å². The summed E-state index contributed by atoms with van der Waals surface area (Å²) in [6.45, 7) is 0. The average molecular weight is 494 g/mol. The zero-order chi connectivity index (χ0) is 19.2. The van der Waals surface area contributed by atoms with E-state index >= 15 is 0 Å². The Kier molecular flexibility index (Phi) is 4.48. The second kappa shape index (κ2) is 6.69. The van der Waals surface area contributed by atoms with Gasteiger partial charge >= 0.3 is 6.18 Å². The Morgan fingerprint density at radius 1 is 0.852 bits per heavy atom. The molecule has 0 saturated heterocycles. The first-order valence-electron chi connectivity index (χ1n) is 7.88. The molecule has 1 heterocycles. The predicted molar refractivity (Wildman–Crippen MR) is 112 cm³/mol. The molecule has 134 valence electrons. The van der Waals surface area contributed by atoms with Gasteiger partial charge in [0.1, 0.15) is 6.07 Å². The van der Waals surface area contributed by atoms with Crippen molar-refractivity contribution in [1.29, 1.82) is 5.26 Å². The van der Waals surface area contributed by atoms with Crippen LogP contribution in [0.3, 0.4) is 0 Å². The second-order valence-corrected chi connectivity index (χ2v) is 7.83. The summed E-state index contributed by atoms with van der Waals surface area (Å²) in [6, 6.07) is 19.1. The van der Waals surface area contributed by atoms with Crippen LogP contribution in [-0.4, -0.2) is 0 Å². The van der Waals surface area contributed by atoms with Gasteiger partial charge in [-0.25, -0.2) is 0 Å². The number of thiophene rings is 1. The van der Waals surface area contributed by atoms with Gasteiger partial charge < -0.3 is 0 Å². The Morgan fingerprint density at radius 2 is 1.48 bits per heavy atom.